The molecule has 0 aliphatic rings. The van der Waals surface area contributed by atoms with Crippen LogP contribution in [0, 0.1) is 5.92 Å². The fraction of sp³-hybridized carbons (Fsp3) is 0.533. The van der Waals surface area contributed by atoms with E-state index in [1.54, 1.807) is 19.1 Å². The average molecular weight is 325 g/mol. The molecule has 2 atom stereocenters. The Bertz CT molecular complexity index is 466. The molecule has 128 valence electrons. The fourth-order valence-electron chi connectivity index (χ4n) is 1.61. The second kappa shape index (κ2) is 10.5. The summed E-state index contributed by atoms with van der Waals surface area (Å²) in [5.74, 6) is 0.116. The first-order chi connectivity index (χ1) is 11.0. The summed E-state index contributed by atoms with van der Waals surface area (Å²) in [5, 5.41) is 9.30. The molecule has 1 rings (SSSR count). The monoisotopic (exact) mass is 325 g/mol. The lowest BCUT2D eigenvalue weighted by atomic mass is 10.1. The van der Waals surface area contributed by atoms with Gasteiger partial charge in [0.05, 0.1) is 12.7 Å². The molecule has 8 heteroatoms. The van der Waals surface area contributed by atoms with Crippen molar-refractivity contribution in [3.05, 3.63) is 25.3 Å². The highest BCUT2D eigenvalue weighted by Crippen LogP contribution is 2.15. The lowest BCUT2D eigenvalue weighted by molar-refractivity contribution is -0.223. The molecular formula is C15H23N3O5. The van der Waals surface area contributed by atoms with Crippen LogP contribution in [0.4, 0.5) is 0 Å². The molecule has 2 unspecified atom stereocenters. The quantitative estimate of drug-likeness (QED) is 0.352. The topological polar surface area (TPSA) is 95.8 Å². The summed E-state index contributed by atoms with van der Waals surface area (Å²) in [5.41, 5.74) is 0. The molecule has 1 aromatic heterocycles. The van der Waals surface area contributed by atoms with Crippen molar-refractivity contribution in [1.29, 1.82) is 0 Å². The van der Waals surface area contributed by atoms with E-state index in [0.29, 0.717) is 6.42 Å². The van der Waals surface area contributed by atoms with Crippen LogP contribution in [-0.4, -0.2) is 46.0 Å². The van der Waals surface area contributed by atoms with E-state index < -0.39 is 6.10 Å². The van der Waals surface area contributed by atoms with Crippen LogP contribution in [0.3, 0.4) is 0 Å². The van der Waals surface area contributed by atoms with E-state index in [0.717, 1.165) is 0 Å². The highest BCUT2D eigenvalue weighted by molar-refractivity contribution is 5.09. The third kappa shape index (κ3) is 8.12. The van der Waals surface area contributed by atoms with Crippen molar-refractivity contribution >= 4 is 0 Å². The van der Waals surface area contributed by atoms with E-state index in [2.05, 4.69) is 28.1 Å². The molecule has 0 aliphatic heterocycles. The Kier molecular flexibility index (Phi) is 8.63. The molecule has 8 nitrogen and oxygen atoms in total. The zero-order chi connectivity index (χ0) is 17.1. The van der Waals surface area contributed by atoms with Crippen LogP contribution in [0.1, 0.15) is 20.3 Å². The van der Waals surface area contributed by atoms with E-state index in [9.17, 15) is 5.11 Å². The van der Waals surface area contributed by atoms with Gasteiger partial charge in [0.15, 0.2) is 0 Å². The maximum absolute atomic E-state index is 9.30. The number of ether oxygens (including phenoxy) is 2. The molecule has 0 radical (unpaired) electrons. The minimum atomic E-state index is -0.399. The molecule has 0 aromatic carbocycles. The number of nitrogens with zero attached hydrogens (tertiary/aromatic N) is 3. The van der Waals surface area contributed by atoms with Crippen molar-refractivity contribution < 1.29 is 24.4 Å². The molecule has 1 heterocycles. The normalized spacial score (nSPS) is 13.0. The van der Waals surface area contributed by atoms with Gasteiger partial charge in [-0.1, -0.05) is 32.2 Å². The Morgan fingerprint density at radius 1 is 1.00 bits per heavy atom. The van der Waals surface area contributed by atoms with Crippen LogP contribution < -0.4 is 14.4 Å². The van der Waals surface area contributed by atoms with Gasteiger partial charge in [-0.2, -0.15) is 4.89 Å². The first-order valence-electron chi connectivity index (χ1n) is 7.26. The number of aliphatic hydroxyl groups is 1. The molecule has 0 aliphatic carbocycles. The Morgan fingerprint density at radius 2 is 1.52 bits per heavy atom. The largest absolute Gasteiger partial charge is 0.459 e. The third-order valence-corrected chi connectivity index (χ3v) is 2.46. The number of aromatic nitrogens is 3. The van der Waals surface area contributed by atoms with Gasteiger partial charge in [0.1, 0.15) is 13.2 Å². The molecule has 0 amide bonds. The Hall–Kier alpha value is -2.19. The molecule has 0 fully saturated rings. The van der Waals surface area contributed by atoms with Crippen molar-refractivity contribution in [2.45, 2.75) is 26.4 Å². The second-order valence-electron chi connectivity index (χ2n) is 4.94. The number of hydrogen-bond acceptors (Lipinski definition) is 8. The summed E-state index contributed by atoms with van der Waals surface area (Å²) < 4.78 is 10.5. The second-order valence-corrected chi connectivity index (χ2v) is 4.94. The van der Waals surface area contributed by atoms with Gasteiger partial charge >= 0.3 is 18.0 Å². The zero-order valence-corrected chi connectivity index (χ0v) is 13.5. The van der Waals surface area contributed by atoms with Gasteiger partial charge in [-0.3, -0.25) is 4.89 Å². The number of hydrogen-bond donors (Lipinski definition) is 1. The summed E-state index contributed by atoms with van der Waals surface area (Å²) in [6.45, 7) is 11.5. The maximum atomic E-state index is 9.30. The molecular weight excluding hydrogens is 302 g/mol. The third-order valence-electron chi connectivity index (χ3n) is 2.46. The van der Waals surface area contributed by atoms with Gasteiger partial charge in [0.25, 0.3) is 0 Å². The molecule has 1 N–H and O–H groups in total. The van der Waals surface area contributed by atoms with Crippen molar-refractivity contribution in [3.8, 4) is 18.0 Å². The number of rotatable bonds is 12. The van der Waals surface area contributed by atoms with Gasteiger partial charge in [-0.25, -0.2) is 0 Å². The first-order valence-corrected chi connectivity index (χ1v) is 7.26. The molecule has 0 saturated carbocycles. The highest BCUT2D eigenvalue weighted by atomic mass is 17.2. The minimum absolute atomic E-state index is 0.0367. The summed E-state index contributed by atoms with van der Waals surface area (Å²) in [6.07, 6.45) is 3.32. The minimum Gasteiger partial charge on any atom is -0.459 e. The van der Waals surface area contributed by atoms with Crippen LogP contribution in [-0.2, 0) is 4.89 Å². The fourth-order valence-corrected chi connectivity index (χ4v) is 1.61. The SMILES string of the molecule is C=CCOc1nc(OCC=C)nc(OOCC(C)CC(C)O)n1. The lowest BCUT2D eigenvalue weighted by Crippen LogP contribution is -2.15. The Labute approximate surface area is 135 Å². The predicted molar refractivity (Wildman–Crippen MR) is 83.3 cm³/mol. The standard InChI is InChI=1S/C15H23N3O5/c1-5-7-20-13-16-14(21-8-6-2)18-15(17-13)23-22-10-11(3)9-12(4)19/h5-6,11-12,19H,1-2,7-10H2,3-4H3. The van der Waals surface area contributed by atoms with Gasteiger partial charge in [0.2, 0.25) is 0 Å². The summed E-state index contributed by atoms with van der Waals surface area (Å²) >= 11 is 0. The molecule has 0 bridgehead atoms. The maximum Gasteiger partial charge on any atom is 0.362 e. The molecule has 0 saturated heterocycles. The zero-order valence-electron chi connectivity index (χ0n) is 13.5. The molecule has 1 aromatic rings. The molecule has 23 heavy (non-hydrogen) atoms. The van der Waals surface area contributed by atoms with Crippen LogP contribution >= 0.6 is 0 Å². The van der Waals surface area contributed by atoms with E-state index in [1.165, 1.54) is 0 Å². The van der Waals surface area contributed by atoms with Gasteiger partial charge in [0, 0.05) is 0 Å². The Balaban J connectivity index is 2.63. The van der Waals surface area contributed by atoms with Crippen molar-refractivity contribution in [3.63, 3.8) is 0 Å². The van der Waals surface area contributed by atoms with Gasteiger partial charge in [-0.15, -0.1) is 15.0 Å². The highest BCUT2D eigenvalue weighted by Gasteiger charge is 2.12. The van der Waals surface area contributed by atoms with E-state index in [1.807, 2.05) is 6.92 Å². The van der Waals surface area contributed by atoms with Crippen molar-refractivity contribution in [1.82, 2.24) is 15.0 Å². The summed E-state index contributed by atoms with van der Waals surface area (Å²) in [6, 6.07) is -0.00782. The predicted octanol–water partition coefficient (Wildman–Crippen LogP) is 1.72. The van der Waals surface area contributed by atoms with Crippen LogP contribution in [0.15, 0.2) is 25.3 Å². The van der Waals surface area contributed by atoms with Crippen molar-refractivity contribution in [2.75, 3.05) is 19.8 Å². The van der Waals surface area contributed by atoms with Crippen LogP contribution in [0.25, 0.3) is 0 Å². The van der Waals surface area contributed by atoms with Gasteiger partial charge < -0.3 is 14.6 Å². The first kappa shape index (κ1) is 18.9. The lowest BCUT2D eigenvalue weighted by Gasteiger charge is -2.12. The van der Waals surface area contributed by atoms with Crippen LogP contribution in [0.2, 0.25) is 0 Å². The molecule has 0 spiro atoms. The van der Waals surface area contributed by atoms with Gasteiger partial charge in [-0.05, 0) is 19.3 Å². The number of aliphatic hydroxyl groups excluding tert-OH is 1. The van der Waals surface area contributed by atoms with Crippen LogP contribution in [0.5, 0.6) is 18.0 Å². The summed E-state index contributed by atoms with van der Waals surface area (Å²) in [4.78, 5) is 22.0. The average Bonchev–Trinajstić information content (AvgIpc) is 2.50. The van der Waals surface area contributed by atoms with E-state index in [4.69, 9.17) is 19.2 Å². The Morgan fingerprint density at radius 3 is 2.00 bits per heavy atom. The van der Waals surface area contributed by atoms with E-state index >= 15 is 0 Å². The smallest absolute Gasteiger partial charge is 0.362 e. The summed E-state index contributed by atoms with van der Waals surface area (Å²) in [7, 11) is 0. The van der Waals surface area contributed by atoms with E-state index in [-0.39, 0.29) is 43.8 Å². The van der Waals surface area contributed by atoms with Crippen molar-refractivity contribution in [2.24, 2.45) is 5.92 Å².